The number of carbonyl (C=O) groups is 1. The molecule has 1 aromatic rings. The summed E-state index contributed by atoms with van der Waals surface area (Å²) >= 11 is 0. The van der Waals surface area contributed by atoms with Gasteiger partial charge in [0.2, 0.25) is 5.91 Å². The van der Waals surface area contributed by atoms with Gasteiger partial charge in [-0.15, -0.1) is 0 Å². The Hall–Kier alpha value is -1.84. The van der Waals surface area contributed by atoms with Crippen molar-refractivity contribution in [3.8, 4) is 0 Å². The van der Waals surface area contributed by atoms with Crippen molar-refractivity contribution in [1.82, 2.24) is 10.3 Å². The lowest BCUT2D eigenvalue weighted by Crippen LogP contribution is -2.40. The van der Waals surface area contributed by atoms with Crippen LogP contribution in [0.3, 0.4) is 0 Å². The van der Waals surface area contributed by atoms with Gasteiger partial charge in [0.1, 0.15) is 0 Å². The van der Waals surface area contributed by atoms with Gasteiger partial charge >= 0.3 is 0 Å². The topological polar surface area (TPSA) is 45.2 Å². The lowest BCUT2D eigenvalue weighted by molar-refractivity contribution is -0.125. The second kappa shape index (κ2) is 7.43. The second-order valence-electron chi connectivity index (χ2n) is 6.37. The molecule has 1 N–H and O–H groups in total. The molecule has 0 radical (unpaired) electrons. The molecule has 1 saturated heterocycles. The fourth-order valence-electron chi connectivity index (χ4n) is 3.36. The van der Waals surface area contributed by atoms with Crippen LogP contribution in [0.25, 0.3) is 0 Å². The van der Waals surface area contributed by atoms with E-state index in [1.165, 1.54) is 5.69 Å². The fraction of sp³-hybridized carbons (Fsp3) is 0.556. The lowest BCUT2D eigenvalue weighted by atomic mass is 9.92. The molecule has 0 saturated carbocycles. The van der Waals surface area contributed by atoms with Crippen molar-refractivity contribution in [2.24, 2.45) is 11.8 Å². The van der Waals surface area contributed by atoms with E-state index in [2.05, 4.69) is 33.4 Å². The minimum atomic E-state index is 0.195. The maximum atomic E-state index is 12.2. The van der Waals surface area contributed by atoms with Gasteiger partial charge in [0.05, 0.1) is 11.9 Å². The number of allylic oxidation sites excluding steroid dienone is 2. The molecular weight excluding hydrogens is 274 g/mol. The van der Waals surface area contributed by atoms with E-state index >= 15 is 0 Å². The van der Waals surface area contributed by atoms with Crippen molar-refractivity contribution in [3.63, 3.8) is 0 Å². The molecule has 2 heterocycles. The lowest BCUT2D eigenvalue weighted by Gasteiger charge is -2.33. The number of hydrogen-bond donors (Lipinski definition) is 1. The van der Waals surface area contributed by atoms with E-state index in [-0.39, 0.29) is 11.8 Å². The first-order chi connectivity index (χ1) is 10.8. The molecule has 0 spiro atoms. The third-order valence-electron chi connectivity index (χ3n) is 4.83. The van der Waals surface area contributed by atoms with E-state index in [9.17, 15) is 4.79 Å². The summed E-state index contributed by atoms with van der Waals surface area (Å²) in [4.78, 5) is 18.7. The van der Waals surface area contributed by atoms with Crippen LogP contribution in [0, 0.1) is 11.8 Å². The van der Waals surface area contributed by atoms with Gasteiger partial charge in [0.25, 0.3) is 0 Å². The highest BCUT2D eigenvalue weighted by Crippen LogP contribution is 2.23. The zero-order valence-electron chi connectivity index (χ0n) is 13.1. The number of piperidine rings is 1. The van der Waals surface area contributed by atoms with Crippen molar-refractivity contribution >= 4 is 11.6 Å². The monoisotopic (exact) mass is 299 g/mol. The van der Waals surface area contributed by atoms with Crippen molar-refractivity contribution < 1.29 is 4.79 Å². The molecule has 1 aliphatic carbocycles. The Morgan fingerprint density at radius 1 is 1.27 bits per heavy atom. The SMILES string of the molecule is O=C(NCC1CCN(c2cccnc2)CC1)[C@H]1CC=CCC1. The minimum Gasteiger partial charge on any atom is -0.370 e. The molecule has 3 rings (SSSR count). The van der Waals surface area contributed by atoms with Crippen molar-refractivity contribution in [2.75, 3.05) is 24.5 Å². The molecule has 0 unspecified atom stereocenters. The average Bonchev–Trinajstić information content (AvgIpc) is 2.61. The molecule has 2 aliphatic rings. The van der Waals surface area contributed by atoms with Crippen LogP contribution in [-0.4, -0.2) is 30.5 Å². The first-order valence-electron chi connectivity index (χ1n) is 8.40. The van der Waals surface area contributed by atoms with Crippen LogP contribution in [0.15, 0.2) is 36.7 Å². The van der Waals surface area contributed by atoms with E-state index in [0.29, 0.717) is 5.92 Å². The number of pyridine rings is 1. The van der Waals surface area contributed by atoms with Gasteiger partial charge < -0.3 is 10.2 Å². The Bertz CT molecular complexity index is 506. The van der Waals surface area contributed by atoms with Crippen LogP contribution < -0.4 is 10.2 Å². The van der Waals surface area contributed by atoms with Gasteiger partial charge in [0.15, 0.2) is 0 Å². The van der Waals surface area contributed by atoms with Gasteiger partial charge in [-0.25, -0.2) is 0 Å². The maximum absolute atomic E-state index is 12.2. The van der Waals surface area contributed by atoms with Gasteiger partial charge in [-0.05, 0) is 50.2 Å². The smallest absolute Gasteiger partial charge is 0.223 e. The largest absolute Gasteiger partial charge is 0.370 e. The third kappa shape index (κ3) is 3.87. The van der Waals surface area contributed by atoms with Crippen LogP contribution in [0.1, 0.15) is 32.1 Å². The van der Waals surface area contributed by atoms with Crippen LogP contribution in [0.5, 0.6) is 0 Å². The molecular formula is C18H25N3O. The van der Waals surface area contributed by atoms with Gasteiger partial charge in [-0.1, -0.05) is 12.2 Å². The summed E-state index contributed by atoms with van der Waals surface area (Å²) < 4.78 is 0. The highest BCUT2D eigenvalue weighted by atomic mass is 16.1. The number of carbonyl (C=O) groups excluding carboxylic acids is 1. The van der Waals surface area contributed by atoms with Gasteiger partial charge in [-0.3, -0.25) is 9.78 Å². The Kier molecular flexibility index (Phi) is 5.09. The number of amides is 1. The van der Waals surface area contributed by atoms with Crippen LogP contribution in [-0.2, 0) is 4.79 Å². The van der Waals surface area contributed by atoms with E-state index in [0.717, 1.165) is 51.7 Å². The van der Waals surface area contributed by atoms with Crippen molar-refractivity contribution in [3.05, 3.63) is 36.7 Å². The number of nitrogens with one attached hydrogen (secondary N) is 1. The summed E-state index contributed by atoms with van der Waals surface area (Å²) in [7, 11) is 0. The predicted molar refractivity (Wildman–Crippen MR) is 88.7 cm³/mol. The van der Waals surface area contributed by atoms with E-state index in [4.69, 9.17) is 0 Å². The highest BCUT2D eigenvalue weighted by Gasteiger charge is 2.22. The number of hydrogen-bond acceptors (Lipinski definition) is 3. The van der Waals surface area contributed by atoms with Crippen molar-refractivity contribution in [1.29, 1.82) is 0 Å². The number of nitrogens with zero attached hydrogens (tertiary/aromatic N) is 2. The molecule has 1 aliphatic heterocycles. The van der Waals surface area contributed by atoms with E-state index < -0.39 is 0 Å². The number of anilines is 1. The zero-order chi connectivity index (χ0) is 15.2. The average molecular weight is 299 g/mol. The van der Waals surface area contributed by atoms with Gasteiger partial charge in [-0.2, -0.15) is 0 Å². The molecule has 1 amide bonds. The summed E-state index contributed by atoms with van der Waals surface area (Å²) in [5.74, 6) is 1.05. The summed E-state index contributed by atoms with van der Waals surface area (Å²) in [6.07, 6.45) is 13.3. The summed E-state index contributed by atoms with van der Waals surface area (Å²) in [6.45, 7) is 2.94. The van der Waals surface area contributed by atoms with Crippen LogP contribution >= 0.6 is 0 Å². The molecule has 1 aromatic heterocycles. The minimum absolute atomic E-state index is 0.195. The molecule has 1 fully saturated rings. The highest BCUT2D eigenvalue weighted by molar-refractivity contribution is 5.78. The first kappa shape index (κ1) is 15.1. The zero-order valence-corrected chi connectivity index (χ0v) is 13.1. The molecule has 0 bridgehead atoms. The Morgan fingerprint density at radius 2 is 2.14 bits per heavy atom. The molecule has 4 nitrogen and oxygen atoms in total. The molecule has 118 valence electrons. The Balaban J connectivity index is 1.40. The second-order valence-corrected chi connectivity index (χ2v) is 6.37. The van der Waals surface area contributed by atoms with E-state index in [1.807, 2.05) is 18.5 Å². The van der Waals surface area contributed by atoms with Gasteiger partial charge in [0, 0.05) is 31.7 Å². The quantitative estimate of drug-likeness (QED) is 0.870. The number of rotatable bonds is 4. The summed E-state index contributed by atoms with van der Waals surface area (Å²) in [5, 5.41) is 3.17. The molecule has 22 heavy (non-hydrogen) atoms. The summed E-state index contributed by atoms with van der Waals surface area (Å²) in [5.41, 5.74) is 1.21. The fourth-order valence-corrected chi connectivity index (χ4v) is 3.36. The van der Waals surface area contributed by atoms with Crippen LogP contribution in [0.4, 0.5) is 5.69 Å². The molecule has 1 atom stereocenters. The Morgan fingerprint density at radius 3 is 2.82 bits per heavy atom. The Labute approximate surface area is 132 Å². The number of aromatic nitrogens is 1. The normalized spacial score (nSPS) is 22.5. The maximum Gasteiger partial charge on any atom is 0.223 e. The third-order valence-corrected chi connectivity index (χ3v) is 4.83. The van der Waals surface area contributed by atoms with Crippen LogP contribution in [0.2, 0.25) is 0 Å². The predicted octanol–water partition coefficient (Wildman–Crippen LogP) is 2.77. The molecule has 0 aromatic carbocycles. The van der Waals surface area contributed by atoms with E-state index in [1.54, 1.807) is 0 Å². The standard InChI is InChI=1S/C18H25N3O/c22-18(16-5-2-1-3-6-16)20-13-15-8-11-21(12-9-15)17-7-4-10-19-14-17/h1-2,4,7,10,14-16H,3,5-6,8-9,11-13H2,(H,20,22)/t16-/m0/s1. The summed E-state index contributed by atoms with van der Waals surface area (Å²) in [6, 6.07) is 4.10. The molecule has 4 heteroatoms. The first-order valence-corrected chi connectivity index (χ1v) is 8.40. The van der Waals surface area contributed by atoms with Crippen molar-refractivity contribution in [2.45, 2.75) is 32.1 Å².